The Morgan fingerprint density at radius 1 is 1.21 bits per heavy atom. The zero-order valence-electron chi connectivity index (χ0n) is 12.9. The van der Waals surface area contributed by atoms with Gasteiger partial charge in [0, 0.05) is 25.8 Å². The van der Waals surface area contributed by atoms with Crippen molar-refractivity contribution in [3.63, 3.8) is 0 Å². The first-order chi connectivity index (χ1) is 9.23. The fourth-order valence-electron chi connectivity index (χ4n) is 2.30. The summed E-state index contributed by atoms with van der Waals surface area (Å²) in [6.07, 6.45) is 4.51. The van der Waals surface area contributed by atoms with Crippen LogP contribution < -0.4 is 5.32 Å². The molecule has 0 aliphatic carbocycles. The first-order valence-electron chi connectivity index (χ1n) is 7.54. The Labute approximate surface area is 118 Å². The van der Waals surface area contributed by atoms with Crippen LogP contribution in [0.2, 0.25) is 0 Å². The Kier molecular flexibility index (Phi) is 7.68. The van der Waals surface area contributed by atoms with Crippen molar-refractivity contribution in [3.8, 4) is 0 Å². The lowest BCUT2D eigenvalue weighted by molar-refractivity contribution is 0.224. The fraction of sp³-hybridized carbons (Fsp3) is 0.688. The SMILES string of the molecule is CCC(CC)CN(CC)Cc1ccc(CNC)cn1. The van der Waals surface area contributed by atoms with Gasteiger partial charge in [-0.2, -0.15) is 0 Å². The highest BCUT2D eigenvalue weighted by atomic mass is 15.1. The molecule has 1 N–H and O–H groups in total. The minimum atomic E-state index is 0.809. The van der Waals surface area contributed by atoms with Crippen molar-refractivity contribution in [2.24, 2.45) is 5.92 Å². The minimum absolute atomic E-state index is 0.809. The standard InChI is InChI=1S/C16H29N3/c1-5-14(6-2)12-19(7-3)13-16-9-8-15(10-17-4)11-18-16/h8-9,11,14,17H,5-7,10,12-13H2,1-4H3. The van der Waals surface area contributed by atoms with E-state index in [1.807, 2.05) is 13.2 Å². The molecule has 108 valence electrons. The average Bonchev–Trinajstić information content (AvgIpc) is 2.45. The zero-order valence-corrected chi connectivity index (χ0v) is 12.9. The van der Waals surface area contributed by atoms with Crippen molar-refractivity contribution < 1.29 is 0 Å². The molecule has 1 heterocycles. The highest BCUT2D eigenvalue weighted by molar-refractivity contribution is 5.13. The lowest BCUT2D eigenvalue weighted by atomic mass is 10.0. The quantitative estimate of drug-likeness (QED) is 0.742. The molecule has 3 heteroatoms. The van der Waals surface area contributed by atoms with Crippen LogP contribution in [0.1, 0.15) is 44.9 Å². The predicted octanol–water partition coefficient (Wildman–Crippen LogP) is 3.06. The highest BCUT2D eigenvalue weighted by Crippen LogP contribution is 2.12. The topological polar surface area (TPSA) is 28.2 Å². The second kappa shape index (κ2) is 9.05. The van der Waals surface area contributed by atoms with Crippen molar-refractivity contribution in [1.82, 2.24) is 15.2 Å². The molecule has 0 aromatic carbocycles. The summed E-state index contributed by atoms with van der Waals surface area (Å²) in [5.74, 6) is 0.809. The van der Waals surface area contributed by atoms with Crippen LogP contribution in [0, 0.1) is 5.92 Å². The molecule has 0 atom stereocenters. The second-order valence-corrected chi connectivity index (χ2v) is 5.20. The highest BCUT2D eigenvalue weighted by Gasteiger charge is 2.10. The zero-order chi connectivity index (χ0) is 14.1. The third kappa shape index (κ3) is 5.70. The number of rotatable bonds is 9. The largest absolute Gasteiger partial charge is 0.316 e. The molecule has 19 heavy (non-hydrogen) atoms. The van der Waals surface area contributed by atoms with Gasteiger partial charge in [-0.15, -0.1) is 0 Å². The maximum atomic E-state index is 4.56. The van der Waals surface area contributed by atoms with Crippen LogP contribution in [0.3, 0.4) is 0 Å². The molecular weight excluding hydrogens is 234 g/mol. The van der Waals surface area contributed by atoms with E-state index in [2.05, 4.69) is 48.1 Å². The Bertz CT molecular complexity index is 330. The van der Waals surface area contributed by atoms with Crippen LogP contribution in [0.15, 0.2) is 18.3 Å². The molecule has 3 nitrogen and oxygen atoms in total. The molecule has 0 aliphatic rings. The molecule has 0 spiro atoms. The number of hydrogen-bond acceptors (Lipinski definition) is 3. The van der Waals surface area contributed by atoms with Crippen LogP contribution in [-0.4, -0.2) is 30.0 Å². The molecule has 0 saturated carbocycles. The van der Waals surface area contributed by atoms with E-state index in [1.54, 1.807) is 0 Å². The molecule has 0 aliphatic heterocycles. The molecule has 1 rings (SSSR count). The summed E-state index contributed by atoms with van der Waals surface area (Å²) in [7, 11) is 1.96. The smallest absolute Gasteiger partial charge is 0.0544 e. The van der Waals surface area contributed by atoms with Gasteiger partial charge >= 0.3 is 0 Å². The third-order valence-corrected chi connectivity index (χ3v) is 3.77. The van der Waals surface area contributed by atoms with E-state index in [1.165, 1.54) is 30.6 Å². The number of nitrogens with zero attached hydrogens (tertiary/aromatic N) is 2. The summed E-state index contributed by atoms with van der Waals surface area (Å²) in [5, 5.41) is 3.15. The van der Waals surface area contributed by atoms with Gasteiger partial charge in [0.05, 0.1) is 5.69 Å². The fourth-order valence-corrected chi connectivity index (χ4v) is 2.30. The third-order valence-electron chi connectivity index (χ3n) is 3.77. The Hall–Kier alpha value is -0.930. The van der Waals surface area contributed by atoms with Gasteiger partial charge in [-0.25, -0.2) is 0 Å². The lowest BCUT2D eigenvalue weighted by Gasteiger charge is -2.24. The molecule has 0 unspecified atom stereocenters. The van der Waals surface area contributed by atoms with E-state index in [0.29, 0.717) is 0 Å². The molecule has 0 bridgehead atoms. The number of pyridine rings is 1. The molecule has 1 aromatic heterocycles. The maximum absolute atomic E-state index is 4.56. The second-order valence-electron chi connectivity index (χ2n) is 5.20. The summed E-state index contributed by atoms with van der Waals surface area (Å²) in [5.41, 5.74) is 2.42. The van der Waals surface area contributed by atoms with Crippen LogP contribution in [0.4, 0.5) is 0 Å². The van der Waals surface area contributed by atoms with Gasteiger partial charge in [0.15, 0.2) is 0 Å². The first kappa shape index (κ1) is 16.1. The molecule has 0 amide bonds. The Morgan fingerprint density at radius 3 is 2.42 bits per heavy atom. The summed E-state index contributed by atoms with van der Waals surface area (Å²) in [6.45, 7) is 10.9. The minimum Gasteiger partial charge on any atom is -0.316 e. The first-order valence-corrected chi connectivity index (χ1v) is 7.54. The molecule has 1 aromatic rings. The van der Waals surface area contributed by atoms with Gasteiger partial charge in [0.1, 0.15) is 0 Å². The normalized spacial score (nSPS) is 11.5. The van der Waals surface area contributed by atoms with Crippen molar-refractivity contribution in [3.05, 3.63) is 29.6 Å². The number of nitrogens with one attached hydrogen (secondary N) is 1. The van der Waals surface area contributed by atoms with Crippen LogP contribution in [0.25, 0.3) is 0 Å². The van der Waals surface area contributed by atoms with Gasteiger partial charge < -0.3 is 5.32 Å². The molecular formula is C16H29N3. The number of hydrogen-bond donors (Lipinski definition) is 1. The van der Waals surface area contributed by atoms with E-state index >= 15 is 0 Å². The molecule has 0 saturated heterocycles. The summed E-state index contributed by atoms with van der Waals surface area (Å²) < 4.78 is 0. The maximum Gasteiger partial charge on any atom is 0.0544 e. The van der Waals surface area contributed by atoms with Gasteiger partial charge in [-0.05, 0) is 31.1 Å². The Balaban J connectivity index is 2.54. The van der Waals surface area contributed by atoms with E-state index in [9.17, 15) is 0 Å². The van der Waals surface area contributed by atoms with Gasteiger partial charge in [0.2, 0.25) is 0 Å². The van der Waals surface area contributed by atoms with Crippen molar-refractivity contribution >= 4 is 0 Å². The van der Waals surface area contributed by atoms with Crippen molar-refractivity contribution in [2.75, 3.05) is 20.1 Å². The number of aromatic nitrogens is 1. The van der Waals surface area contributed by atoms with E-state index in [4.69, 9.17) is 0 Å². The van der Waals surface area contributed by atoms with Crippen molar-refractivity contribution in [1.29, 1.82) is 0 Å². The van der Waals surface area contributed by atoms with E-state index < -0.39 is 0 Å². The molecule has 0 fully saturated rings. The van der Waals surface area contributed by atoms with Gasteiger partial charge in [-0.1, -0.05) is 39.7 Å². The predicted molar refractivity (Wildman–Crippen MR) is 82.0 cm³/mol. The summed E-state index contributed by atoms with van der Waals surface area (Å²) in [4.78, 5) is 7.06. The van der Waals surface area contributed by atoms with Crippen LogP contribution >= 0.6 is 0 Å². The molecule has 0 radical (unpaired) electrons. The Morgan fingerprint density at radius 2 is 1.95 bits per heavy atom. The van der Waals surface area contributed by atoms with Gasteiger partial charge in [0.25, 0.3) is 0 Å². The monoisotopic (exact) mass is 263 g/mol. The summed E-state index contributed by atoms with van der Waals surface area (Å²) in [6, 6.07) is 4.33. The van der Waals surface area contributed by atoms with Crippen molar-refractivity contribution in [2.45, 2.75) is 46.7 Å². The average molecular weight is 263 g/mol. The van der Waals surface area contributed by atoms with Crippen LogP contribution in [-0.2, 0) is 13.1 Å². The summed E-state index contributed by atoms with van der Waals surface area (Å²) >= 11 is 0. The van der Waals surface area contributed by atoms with Crippen LogP contribution in [0.5, 0.6) is 0 Å². The lowest BCUT2D eigenvalue weighted by Crippen LogP contribution is -2.29. The van der Waals surface area contributed by atoms with E-state index in [-0.39, 0.29) is 0 Å². The van der Waals surface area contributed by atoms with Gasteiger partial charge in [-0.3, -0.25) is 9.88 Å². The van der Waals surface area contributed by atoms with E-state index in [0.717, 1.165) is 25.6 Å².